The van der Waals surface area contributed by atoms with Gasteiger partial charge in [-0.25, -0.2) is 0 Å². The van der Waals surface area contributed by atoms with Crippen LogP contribution in [0.3, 0.4) is 0 Å². The van der Waals surface area contributed by atoms with Crippen LogP contribution in [0.25, 0.3) is 0 Å². The van der Waals surface area contributed by atoms with Gasteiger partial charge in [0.05, 0.1) is 0 Å². The second-order valence-corrected chi connectivity index (χ2v) is 0.559. The summed E-state index contributed by atoms with van der Waals surface area (Å²) in [7, 11) is 0. The summed E-state index contributed by atoms with van der Waals surface area (Å²) in [4.78, 5) is 0. The van der Waals surface area contributed by atoms with Gasteiger partial charge in [0.2, 0.25) is 0 Å². The molecular weight excluding hydrogens is 275 g/mol. The molecule has 33 valence electrons. The van der Waals surface area contributed by atoms with Crippen molar-refractivity contribution in [3.05, 3.63) is 0 Å². The average molecular weight is 275 g/mol. The van der Waals surface area contributed by atoms with Crippen molar-refractivity contribution in [1.29, 1.82) is 0 Å². The topological polar surface area (TPSA) is 51.2 Å². The Balaban J connectivity index is 0. The van der Waals surface area contributed by atoms with Crippen LogP contribution in [-0.4, -0.2) is 21.1 Å². The Morgan fingerprint density at radius 1 is 1.20 bits per heavy atom. The molecule has 0 bridgehead atoms. The van der Waals surface area contributed by atoms with Gasteiger partial charge in [0.15, 0.2) is 0 Å². The first-order valence-corrected chi connectivity index (χ1v) is 3.47. The molecule has 0 N–H and O–H groups in total. The first-order chi connectivity index (χ1) is 2.41. The van der Waals surface area contributed by atoms with E-state index < -0.39 is 21.1 Å². The van der Waals surface area contributed by atoms with Gasteiger partial charge in [-0.05, 0) is 0 Å². The average Bonchev–Trinajstić information content (AvgIpc) is 1.46. The molecule has 0 aromatic rings. The fraction of sp³-hybridized carbons (Fsp3) is 0. The van der Waals surface area contributed by atoms with E-state index in [-0.39, 0.29) is 0 Å². The standard InChI is InChI=1S/Ag.3O.Sn. The summed E-state index contributed by atoms with van der Waals surface area (Å²) in [5, 5.41) is 0. The van der Waals surface area contributed by atoms with Crippen LogP contribution < -0.4 is 0 Å². The summed E-state index contributed by atoms with van der Waals surface area (Å²) >= 11 is -0.570. The minimum atomic E-state index is -2.27. The van der Waals surface area contributed by atoms with Gasteiger partial charge >= 0.3 is 51.6 Å². The van der Waals surface area contributed by atoms with Crippen molar-refractivity contribution in [2.24, 2.45) is 0 Å². The number of hydrogen-bond acceptors (Lipinski definition) is 3. The maximum absolute atomic E-state index is 8.54. The monoisotopic (exact) mass is 275 g/mol. The van der Waals surface area contributed by atoms with Crippen LogP contribution in [0.5, 0.6) is 0 Å². The Morgan fingerprint density at radius 2 is 1.20 bits per heavy atom. The quantitative estimate of drug-likeness (QED) is 0.547. The van der Waals surface area contributed by atoms with E-state index in [9.17, 15) is 0 Å². The van der Waals surface area contributed by atoms with Gasteiger partial charge in [-0.3, -0.25) is 0 Å². The molecule has 0 saturated carbocycles. The van der Waals surface area contributed by atoms with Gasteiger partial charge in [-0.15, -0.1) is 0 Å². The van der Waals surface area contributed by atoms with Gasteiger partial charge in [-0.1, -0.05) is 0 Å². The third-order valence-electron chi connectivity index (χ3n) is 0. The fourth-order valence-electron chi connectivity index (χ4n) is 0. The third kappa shape index (κ3) is 48.4. The fourth-order valence-corrected chi connectivity index (χ4v) is 0. The Labute approximate surface area is 51.4 Å². The molecule has 0 fully saturated rings. The SMILES string of the molecule is [O]=[Ag].[O]=[Sn]=[O]. The molecule has 0 atom stereocenters. The Hall–Kier alpha value is 0.939. The van der Waals surface area contributed by atoms with E-state index in [0.717, 1.165) is 0 Å². The van der Waals surface area contributed by atoms with E-state index in [2.05, 4.69) is 0 Å². The zero-order valence-electron chi connectivity index (χ0n) is 2.03. The number of hydrogen-bond donors (Lipinski definition) is 0. The van der Waals surface area contributed by atoms with Crippen molar-refractivity contribution in [2.45, 2.75) is 0 Å². The van der Waals surface area contributed by atoms with Crippen molar-refractivity contribution >= 4 is 21.1 Å². The predicted molar refractivity (Wildman–Crippen MR) is 7.81 cm³/mol. The molecule has 5 heavy (non-hydrogen) atoms. The maximum atomic E-state index is 8.54. The molecule has 0 aliphatic rings. The molecule has 5 heteroatoms. The zero-order chi connectivity index (χ0) is 4.71. The van der Waals surface area contributed by atoms with Gasteiger partial charge in [-0.2, -0.15) is 0 Å². The molecule has 0 aromatic heterocycles. The molecule has 0 unspecified atom stereocenters. The molecule has 0 saturated heterocycles. The van der Waals surface area contributed by atoms with E-state index in [1.807, 2.05) is 0 Å². The van der Waals surface area contributed by atoms with Crippen LogP contribution in [0.4, 0.5) is 0 Å². The minimum absolute atomic E-state index is 1.70. The van der Waals surface area contributed by atoms with Gasteiger partial charge < -0.3 is 0 Å². The van der Waals surface area contributed by atoms with Crippen LogP contribution in [0.1, 0.15) is 0 Å². The molecule has 3 nitrogen and oxygen atoms in total. The van der Waals surface area contributed by atoms with E-state index >= 15 is 0 Å². The molecule has 0 amide bonds. The van der Waals surface area contributed by atoms with Crippen molar-refractivity contribution in [3.63, 3.8) is 0 Å². The third-order valence-corrected chi connectivity index (χ3v) is 0. The van der Waals surface area contributed by atoms with Crippen molar-refractivity contribution in [3.8, 4) is 0 Å². The Morgan fingerprint density at radius 3 is 1.20 bits per heavy atom. The van der Waals surface area contributed by atoms with Crippen molar-refractivity contribution < 1.29 is 30.4 Å². The van der Waals surface area contributed by atoms with Crippen LogP contribution in [-0.2, 0) is 30.4 Å². The van der Waals surface area contributed by atoms with E-state index in [1.54, 1.807) is 21.0 Å². The Bertz CT molecular complexity index is 36.2. The van der Waals surface area contributed by atoms with E-state index in [0.29, 0.717) is 0 Å². The zero-order valence-corrected chi connectivity index (χ0v) is 6.36. The summed E-state index contributed by atoms with van der Waals surface area (Å²) in [5.41, 5.74) is 0. The molecule has 0 aliphatic heterocycles. The van der Waals surface area contributed by atoms with Crippen LogP contribution in [0, 0.1) is 0 Å². The Kier molecular flexibility index (Phi) is 38.1. The van der Waals surface area contributed by atoms with Crippen molar-refractivity contribution in [1.82, 2.24) is 0 Å². The van der Waals surface area contributed by atoms with Gasteiger partial charge in [0, 0.05) is 0 Å². The first-order valence-electron chi connectivity index (χ1n) is 0.531. The van der Waals surface area contributed by atoms with Crippen LogP contribution >= 0.6 is 0 Å². The summed E-state index contributed by atoms with van der Waals surface area (Å²) in [6, 6.07) is 0. The van der Waals surface area contributed by atoms with Crippen LogP contribution in [0.2, 0.25) is 0 Å². The molecule has 0 spiro atoms. The summed E-state index contributed by atoms with van der Waals surface area (Å²) in [5.74, 6) is 0. The van der Waals surface area contributed by atoms with E-state index in [4.69, 9.17) is 9.40 Å². The molecule has 0 heterocycles. The number of rotatable bonds is 0. The van der Waals surface area contributed by atoms with Crippen LogP contribution in [0.15, 0.2) is 0 Å². The summed E-state index contributed by atoms with van der Waals surface area (Å²) < 4.78 is 25.2. The second kappa shape index (κ2) is 20.4. The molecule has 0 radical (unpaired) electrons. The van der Waals surface area contributed by atoms with Gasteiger partial charge in [0.25, 0.3) is 0 Å². The molecular formula is AgO3Sn. The molecule has 0 rings (SSSR count). The first kappa shape index (κ1) is 9.34. The second-order valence-electron chi connectivity index (χ2n) is 0.0833. The summed E-state index contributed by atoms with van der Waals surface area (Å²) in [6.45, 7) is 0. The normalized spacial score (nSPS) is 2.80. The predicted octanol–water partition coefficient (Wildman–Crippen LogP) is -0.740. The van der Waals surface area contributed by atoms with E-state index in [1.165, 1.54) is 0 Å². The summed E-state index contributed by atoms with van der Waals surface area (Å²) in [6.07, 6.45) is 0. The van der Waals surface area contributed by atoms with Crippen molar-refractivity contribution in [2.75, 3.05) is 0 Å². The van der Waals surface area contributed by atoms with Gasteiger partial charge in [0.1, 0.15) is 0 Å². The molecule has 0 aromatic carbocycles. The molecule has 0 aliphatic carbocycles.